The van der Waals surface area contributed by atoms with E-state index in [1.165, 1.54) is 6.33 Å². The number of benzene rings is 3. The van der Waals surface area contributed by atoms with Crippen molar-refractivity contribution in [1.29, 1.82) is 0 Å². The van der Waals surface area contributed by atoms with Gasteiger partial charge in [0.25, 0.3) is 8.53 Å². The smallest absolute Gasteiger partial charge is 0.259 e. The van der Waals surface area contributed by atoms with Gasteiger partial charge in [0.2, 0.25) is 6.54 Å². The van der Waals surface area contributed by atoms with Crippen LogP contribution in [0.3, 0.4) is 0 Å². The maximum atomic E-state index is 7.44. The lowest BCUT2D eigenvalue weighted by Crippen LogP contribution is -2.39. The highest BCUT2D eigenvalue weighted by Crippen LogP contribution is 2.51. The van der Waals surface area contributed by atoms with Crippen LogP contribution in [-0.2, 0) is 28.9 Å². The van der Waals surface area contributed by atoms with Gasteiger partial charge in [0.05, 0.1) is 46.5 Å². The molecule has 4 heterocycles. The molecule has 3 aromatic carbocycles. The Bertz CT molecular complexity index is 2210. The number of methoxy groups -OCH3 is 2. The Morgan fingerprint density at radius 1 is 0.903 bits per heavy atom. The monoisotopic (exact) mass is 864 g/mol. The summed E-state index contributed by atoms with van der Waals surface area (Å²) in [4.78, 5) is 24.6. The highest BCUT2D eigenvalue weighted by molar-refractivity contribution is 7.44. The lowest BCUT2D eigenvalue weighted by molar-refractivity contribution is -0.0911. The number of nitrogens with zero attached hydrogens (tertiary/aromatic N) is 8. The molecule has 2 aliphatic rings. The van der Waals surface area contributed by atoms with Gasteiger partial charge in [-0.2, -0.15) is 0 Å². The van der Waals surface area contributed by atoms with E-state index in [2.05, 4.69) is 59.2 Å². The number of morpholine rings is 1. The summed E-state index contributed by atoms with van der Waals surface area (Å²) in [7, 11) is 1.69. The minimum atomic E-state index is -1.62. The first-order valence-electron chi connectivity index (χ1n) is 21.1. The van der Waals surface area contributed by atoms with Crippen molar-refractivity contribution in [2.75, 3.05) is 60.3 Å². The van der Waals surface area contributed by atoms with Gasteiger partial charge in [-0.1, -0.05) is 54.6 Å². The summed E-state index contributed by atoms with van der Waals surface area (Å²) in [5.74, 6) is 2.78. The zero-order chi connectivity index (χ0) is 43.6. The number of rotatable bonds is 18. The van der Waals surface area contributed by atoms with Crippen molar-refractivity contribution in [3.8, 4) is 11.5 Å². The zero-order valence-electron chi connectivity index (χ0n) is 36.6. The second kappa shape index (κ2) is 20.9. The van der Waals surface area contributed by atoms with Crippen LogP contribution >= 0.6 is 8.53 Å². The average Bonchev–Trinajstić information content (AvgIpc) is 3.92. The summed E-state index contributed by atoms with van der Waals surface area (Å²) in [5, 5.41) is 0. The van der Waals surface area contributed by atoms with E-state index in [0.717, 1.165) is 47.1 Å². The molecule has 328 valence electrons. The molecule has 16 heteroatoms. The average molecular weight is 865 g/mol. The van der Waals surface area contributed by atoms with Crippen molar-refractivity contribution < 1.29 is 32.7 Å². The van der Waals surface area contributed by atoms with Gasteiger partial charge in [-0.25, -0.2) is 31.2 Å². The SMILES string of the molecule is [C-]#[N+]CCOP(O[C@@H]1C[C@H](n2cnc3c(N=C(C)N4CCOCC4)ncnc32)O[C@@H]1COC(c1ccccc1)(c1ccc(OC)cc1)c1ccc(OC)cc1)N(C(C)C)C(C)C. The molecule has 1 unspecified atom stereocenters. The van der Waals surface area contributed by atoms with Crippen LogP contribution in [0.5, 0.6) is 11.5 Å². The van der Waals surface area contributed by atoms with E-state index in [1.807, 2.05) is 78.2 Å². The van der Waals surface area contributed by atoms with Crippen LogP contribution in [0.1, 0.15) is 64.0 Å². The van der Waals surface area contributed by atoms with Gasteiger partial charge in [0, 0.05) is 31.6 Å². The maximum Gasteiger partial charge on any atom is 0.259 e. The fourth-order valence-corrected chi connectivity index (χ4v) is 9.81. The van der Waals surface area contributed by atoms with Crippen LogP contribution in [0.25, 0.3) is 16.0 Å². The molecule has 2 aromatic heterocycles. The van der Waals surface area contributed by atoms with Crippen molar-refractivity contribution >= 4 is 31.3 Å². The van der Waals surface area contributed by atoms with Gasteiger partial charge in [-0.05, 0) is 75.6 Å². The number of amidine groups is 1. The summed E-state index contributed by atoms with van der Waals surface area (Å²) < 4.78 is 48.9. The summed E-state index contributed by atoms with van der Waals surface area (Å²) >= 11 is 0. The van der Waals surface area contributed by atoms with E-state index in [9.17, 15) is 0 Å². The van der Waals surface area contributed by atoms with Crippen LogP contribution in [0, 0.1) is 6.57 Å². The Balaban J connectivity index is 1.29. The quantitative estimate of drug-likeness (QED) is 0.0210. The molecule has 15 nitrogen and oxygen atoms in total. The van der Waals surface area contributed by atoms with E-state index in [1.54, 1.807) is 20.5 Å². The van der Waals surface area contributed by atoms with E-state index in [0.29, 0.717) is 36.6 Å². The van der Waals surface area contributed by atoms with Crippen LogP contribution < -0.4 is 9.47 Å². The molecule has 62 heavy (non-hydrogen) atoms. The number of aromatic nitrogens is 4. The van der Waals surface area contributed by atoms with Crippen LogP contribution in [0.4, 0.5) is 5.82 Å². The van der Waals surface area contributed by atoms with Gasteiger partial charge in [-0.15, -0.1) is 0 Å². The van der Waals surface area contributed by atoms with Gasteiger partial charge >= 0.3 is 0 Å². The molecule has 5 aromatic rings. The standard InChI is InChI=1S/C46H57N8O7P/c1-32(2)54(33(3)4)62(59-25-22-47-6)61-40-28-42(53-31-50-43-44(48-30-49-45(43)53)51-34(5)52-23-26-57-27-24-52)60-41(40)29-58-46(35-12-10-9-11-13-35,36-14-18-38(55-7)19-15-36)37-16-20-39(56-8)21-17-37/h9-21,30-33,40-42H,22-29H2,1-5,7-8H3/t40-,41-,42-,62?/m1/s1. The Labute approximate surface area is 365 Å². The Morgan fingerprint density at radius 2 is 1.53 bits per heavy atom. The highest BCUT2D eigenvalue weighted by Gasteiger charge is 2.45. The molecule has 0 saturated carbocycles. The van der Waals surface area contributed by atoms with E-state index in [-0.39, 0.29) is 31.8 Å². The Kier molecular flexibility index (Phi) is 15.2. The topological polar surface area (TPSA) is 131 Å². The molecule has 0 amide bonds. The lowest BCUT2D eigenvalue weighted by atomic mass is 9.80. The second-order valence-electron chi connectivity index (χ2n) is 15.6. The molecular formula is C46H57N8O7P. The van der Waals surface area contributed by atoms with Crippen LogP contribution in [0.15, 0.2) is 96.5 Å². The van der Waals surface area contributed by atoms with Crippen molar-refractivity contribution in [2.45, 2.75) is 77.2 Å². The van der Waals surface area contributed by atoms with Crippen molar-refractivity contribution in [2.24, 2.45) is 4.99 Å². The molecule has 2 fully saturated rings. The molecule has 4 atom stereocenters. The fourth-order valence-electron chi connectivity index (χ4n) is 8.06. The maximum absolute atomic E-state index is 7.44. The fraction of sp³-hybridized carbons (Fsp3) is 0.457. The van der Waals surface area contributed by atoms with Crippen molar-refractivity contribution in [1.82, 2.24) is 29.1 Å². The largest absolute Gasteiger partial charge is 0.497 e. The Morgan fingerprint density at radius 3 is 2.13 bits per heavy atom. The Hall–Kier alpha value is -5.04. The predicted molar refractivity (Wildman–Crippen MR) is 239 cm³/mol. The molecular weight excluding hydrogens is 808 g/mol. The van der Waals surface area contributed by atoms with E-state index in [4.69, 9.17) is 54.3 Å². The molecule has 0 bridgehead atoms. The van der Waals surface area contributed by atoms with Crippen molar-refractivity contribution in [3.05, 3.63) is 120 Å². The molecule has 0 radical (unpaired) electrons. The second-order valence-corrected chi connectivity index (χ2v) is 17.0. The molecule has 0 N–H and O–H groups in total. The van der Waals surface area contributed by atoms with E-state index < -0.39 is 32.6 Å². The van der Waals surface area contributed by atoms with Gasteiger partial charge in [0.15, 0.2) is 17.0 Å². The molecule has 0 aliphatic carbocycles. The first-order valence-corrected chi connectivity index (χ1v) is 22.2. The third-order valence-corrected chi connectivity index (χ3v) is 13.2. The number of imidazole rings is 1. The van der Waals surface area contributed by atoms with Gasteiger partial charge < -0.3 is 42.5 Å². The van der Waals surface area contributed by atoms with Gasteiger partial charge in [0.1, 0.15) is 48.2 Å². The molecule has 7 rings (SSSR count). The lowest BCUT2D eigenvalue weighted by Gasteiger charge is -2.39. The third kappa shape index (κ3) is 9.93. The summed E-state index contributed by atoms with van der Waals surface area (Å²) in [6.07, 6.45) is 2.06. The number of ether oxygens (including phenoxy) is 5. The van der Waals surface area contributed by atoms with Crippen LogP contribution in [-0.4, -0.2) is 119 Å². The number of hydrogen-bond acceptors (Lipinski definition) is 12. The minimum absolute atomic E-state index is 0.104. The minimum Gasteiger partial charge on any atom is -0.497 e. The van der Waals surface area contributed by atoms with Crippen LogP contribution in [0.2, 0.25) is 0 Å². The highest BCUT2D eigenvalue weighted by atomic mass is 31.2. The summed E-state index contributed by atoms with van der Waals surface area (Å²) in [6, 6.07) is 26.3. The number of hydrogen-bond donors (Lipinski definition) is 0. The van der Waals surface area contributed by atoms with Gasteiger partial charge in [-0.3, -0.25) is 4.57 Å². The number of fused-ring (bicyclic) bond motifs is 1. The first-order chi connectivity index (χ1) is 30.2. The summed E-state index contributed by atoms with van der Waals surface area (Å²) in [6.45, 7) is 21.3. The molecule has 2 aliphatic heterocycles. The summed E-state index contributed by atoms with van der Waals surface area (Å²) in [5.41, 5.74) is 2.79. The zero-order valence-corrected chi connectivity index (χ0v) is 37.5. The molecule has 2 saturated heterocycles. The number of aliphatic imine (C=N–C) groups is 1. The first kappa shape index (κ1) is 45.0. The third-order valence-electron chi connectivity index (χ3n) is 11.1. The van der Waals surface area contributed by atoms with Crippen molar-refractivity contribution in [3.63, 3.8) is 0 Å². The molecule has 0 spiro atoms. The normalized spacial score (nSPS) is 19.1. The predicted octanol–water partition coefficient (Wildman–Crippen LogP) is 8.19. The van der Waals surface area contributed by atoms with E-state index >= 15 is 0 Å².